The molecular formula is C10H16Br2O4. The topological polar surface area (TPSA) is 74.6 Å². The first kappa shape index (κ1) is 15.9. The zero-order chi connectivity index (χ0) is 13.0. The van der Waals surface area contributed by atoms with E-state index in [1.807, 2.05) is 13.8 Å². The highest BCUT2D eigenvalue weighted by molar-refractivity contribution is 9.26. The van der Waals surface area contributed by atoms with Crippen molar-refractivity contribution in [1.82, 2.24) is 0 Å². The fourth-order valence-electron chi connectivity index (χ4n) is 1.78. The minimum atomic E-state index is -1.27. The lowest BCUT2D eigenvalue weighted by Crippen LogP contribution is -2.44. The molecule has 4 nitrogen and oxygen atoms in total. The fourth-order valence-corrected chi connectivity index (χ4v) is 3.30. The van der Waals surface area contributed by atoms with Crippen molar-refractivity contribution in [2.75, 3.05) is 0 Å². The molecule has 0 bridgehead atoms. The van der Waals surface area contributed by atoms with E-state index in [1.54, 1.807) is 0 Å². The van der Waals surface area contributed by atoms with Crippen LogP contribution in [-0.4, -0.2) is 25.4 Å². The van der Waals surface area contributed by atoms with Crippen LogP contribution in [0.2, 0.25) is 0 Å². The number of alkyl halides is 2. The Kier molecular flexibility index (Phi) is 5.96. The average Bonchev–Trinajstić information content (AvgIpc) is 2.19. The molecule has 6 heteroatoms. The third kappa shape index (κ3) is 3.20. The molecule has 0 rings (SSSR count). The number of carboxylic acids is 2. The van der Waals surface area contributed by atoms with Crippen LogP contribution in [0.25, 0.3) is 0 Å². The number of carbonyl (C=O) groups is 2. The lowest BCUT2D eigenvalue weighted by atomic mass is 9.75. The summed E-state index contributed by atoms with van der Waals surface area (Å²) in [4.78, 5) is 21.8. The van der Waals surface area contributed by atoms with Crippen LogP contribution >= 0.6 is 31.9 Å². The Hall–Kier alpha value is -0.100. The normalized spacial score (nSPS) is 12.5. The minimum absolute atomic E-state index is 0.0338. The number of halogens is 2. The Balaban J connectivity index is 5.08. The lowest BCUT2D eigenvalue weighted by Gasteiger charge is -2.40. The molecule has 0 aromatic rings. The van der Waals surface area contributed by atoms with Crippen LogP contribution in [0.3, 0.4) is 0 Å². The van der Waals surface area contributed by atoms with Gasteiger partial charge in [-0.1, -0.05) is 45.7 Å². The van der Waals surface area contributed by atoms with Crippen LogP contribution in [0.4, 0.5) is 0 Å². The molecule has 0 saturated carbocycles. The van der Waals surface area contributed by atoms with Crippen molar-refractivity contribution >= 4 is 43.8 Å². The van der Waals surface area contributed by atoms with Crippen molar-refractivity contribution in [3.8, 4) is 0 Å². The molecule has 0 atom stereocenters. The molecule has 0 heterocycles. The smallest absolute Gasteiger partial charge is 0.331 e. The van der Waals surface area contributed by atoms with Gasteiger partial charge < -0.3 is 10.2 Å². The molecule has 0 fully saturated rings. The van der Waals surface area contributed by atoms with Crippen molar-refractivity contribution in [2.24, 2.45) is 5.41 Å². The summed E-state index contributed by atoms with van der Waals surface area (Å²) in [5.74, 6) is -1.94. The summed E-state index contributed by atoms with van der Waals surface area (Å²) in [6, 6.07) is 0. The van der Waals surface area contributed by atoms with Gasteiger partial charge in [-0.3, -0.25) is 4.79 Å². The molecule has 16 heavy (non-hydrogen) atoms. The molecule has 2 N–H and O–H groups in total. The molecule has 0 saturated heterocycles. The molecule has 0 radical (unpaired) electrons. The van der Waals surface area contributed by atoms with E-state index >= 15 is 0 Å². The number of rotatable bonds is 7. The van der Waals surface area contributed by atoms with Gasteiger partial charge in [0.1, 0.15) is 0 Å². The van der Waals surface area contributed by atoms with Crippen molar-refractivity contribution in [2.45, 2.75) is 42.8 Å². The van der Waals surface area contributed by atoms with Gasteiger partial charge >= 0.3 is 11.9 Å². The standard InChI is InChI=1S/C10H16Br2O4/c1-3-9(4-2,6-5-7(13)14)10(11,12)8(15)16/h3-6H2,1-2H3,(H,13,14)(H,15,16). The van der Waals surface area contributed by atoms with E-state index in [4.69, 9.17) is 10.2 Å². The van der Waals surface area contributed by atoms with E-state index < -0.39 is 20.6 Å². The zero-order valence-corrected chi connectivity index (χ0v) is 12.5. The first-order valence-electron chi connectivity index (χ1n) is 5.06. The Bertz CT molecular complexity index is 272. The van der Waals surface area contributed by atoms with Gasteiger partial charge in [-0.2, -0.15) is 0 Å². The Morgan fingerprint density at radius 3 is 1.81 bits per heavy atom. The number of hydrogen-bond acceptors (Lipinski definition) is 2. The van der Waals surface area contributed by atoms with Gasteiger partial charge in [0, 0.05) is 11.8 Å². The molecular weight excluding hydrogens is 344 g/mol. The van der Waals surface area contributed by atoms with Crippen LogP contribution in [-0.2, 0) is 9.59 Å². The minimum Gasteiger partial charge on any atom is -0.481 e. The monoisotopic (exact) mass is 358 g/mol. The third-order valence-corrected chi connectivity index (χ3v) is 5.47. The molecule has 0 spiro atoms. The molecule has 94 valence electrons. The van der Waals surface area contributed by atoms with Crippen molar-refractivity contribution in [3.63, 3.8) is 0 Å². The van der Waals surface area contributed by atoms with Gasteiger partial charge in [0.15, 0.2) is 3.23 Å². The van der Waals surface area contributed by atoms with Gasteiger partial charge in [-0.25, -0.2) is 4.79 Å². The predicted octanol–water partition coefficient (Wildman–Crippen LogP) is 3.23. The molecule has 0 unspecified atom stereocenters. The maximum absolute atomic E-state index is 11.2. The molecule has 0 aliphatic carbocycles. The SMILES string of the molecule is CCC(CC)(CCC(=O)O)C(Br)(Br)C(=O)O. The predicted molar refractivity (Wildman–Crippen MR) is 68.1 cm³/mol. The Morgan fingerprint density at radius 2 is 1.56 bits per heavy atom. The van der Waals surface area contributed by atoms with Gasteiger partial charge in [-0.05, 0) is 19.3 Å². The molecule has 0 aliphatic heterocycles. The first-order chi connectivity index (χ1) is 7.23. The second-order valence-electron chi connectivity index (χ2n) is 3.76. The Morgan fingerprint density at radius 1 is 1.12 bits per heavy atom. The maximum Gasteiger partial charge on any atom is 0.331 e. The largest absolute Gasteiger partial charge is 0.481 e. The van der Waals surface area contributed by atoms with E-state index in [1.165, 1.54) is 0 Å². The van der Waals surface area contributed by atoms with Crippen molar-refractivity contribution < 1.29 is 19.8 Å². The molecule has 0 aliphatic rings. The lowest BCUT2D eigenvalue weighted by molar-refractivity contribution is -0.142. The van der Waals surface area contributed by atoms with Crippen molar-refractivity contribution in [1.29, 1.82) is 0 Å². The van der Waals surface area contributed by atoms with Gasteiger partial charge in [-0.15, -0.1) is 0 Å². The van der Waals surface area contributed by atoms with Crippen LogP contribution in [0, 0.1) is 5.41 Å². The second kappa shape index (κ2) is 6.00. The fraction of sp³-hybridized carbons (Fsp3) is 0.800. The molecule has 0 aromatic carbocycles. The van der Waals surface area contributed by atoms with Crippen molar-refractivity contribution in [3.05, 3.63) is 0 Å². The molecule has 0 amide bonds. The third-order valence-electron chi connectivity index (χ3n) is 3.11. The van der Waals surface area contributed by atoms with Crippen LogP contribution in [0.15, 0.2) is 0 Å². The highest BCUT2D eigenvalue weighted by Gasteiger charge is 2.51. The van der Waals surface area contributed by atoms with E-state index in [0.29, 0.717) is 19.3 Å². The summed E-state index contributed by atoms with van der Waals surface area (Å²) >= 11 is 6.33. The van der Waals surface area contributed by atoms with Gasteiger partial charge in [0.2, 0.25) is 0 Å². The highest BCUT2D eigenvalue weighted by atomic mass is 79.9. The molecule has 0 aromatic heterocycles. The summed E-state index contributed by atoms with van der Waals surface area (Å²) in [6.07, 6.45) is 1.45. The summed E-state index contributed by atoms with van der Waals surface area (Å²) in [7, 11) is 0. The van der Waals surface area contributed by atoms with E-state index in [9.17, 15) is 9.59 Å². The zero-order valence-electron chi connectivity index (χ0n) is 9.30. The number of hydrogen-bond donors (Lipinski definition) is 2. The van der Waals surface area contributed by atoms with Crippen LogP contribution < -0.4 is 0 Å². The van der Waals surface area contributed by atoms with E-state index in [0.717, 1.165) is 0 Å². The summed E-state index contributed by atoms with van der Waals surface area (Å²) < 4.78 is -1.27. The van der Waals surface area contributed by atoms with Crippen LogP contribution in [0.1, 0.15) is 39.5 Å². The number of aliphatic carboxylic acids is 2. The highest BCUT2D eigenvalue weighted by Crippen LogP contribution is 2.52. The number of carboxylic acid groups (broad SMARTS) is 2. The van der Waals surface area contributed by atoms with E-state index in [-0.39, 0.29) is 6.42 Å². The second-order valence-corrected chi connectivity index (χ2v) is 7.20. The average molecular weight is 360 g/mol. The summed E-state index contributed by atoms with van der Waals surface area (Å²) in [5.41, 5.74) is -0.614. The first-order valence-corrected chi connectivity index (χ1v) is 6.65. The maximum atomic E-state index is 11.2. The van der Waals surface area contributed by atoms with E-state index in [2.05, 4.69) is 31.9 Å². The van der Waals surface area contributed by atoms with Gasteiger partial charge in [0.05, 0.1) is 0 Å². The quantitative estimate of drug-likeness (QED) is 0.684. The Labute approximate surface area is 112 Å². The summed E-state index contributed by atoms with van der Waals surface area (Å²) in [5, 5.41) is 17.9. The van der Waals surface area contributed by atoms with Crippen LogP contribution in [0.5, 0.6) is 0 Å². The van der Waals surface area contributed by atoms with Gasteiger partial charge in [0.25, 0.3) is 0 Å². The summed E-state index contributed by atoms with van der Waals surface area (Å²) in [6.45, 7) is 3.73.